The fraction of sp³-hybridized carbons (Fsp3) is 0.571. The van der Waals surface area contributed by atoms with Crippen molar-refractivity contribution in [2.45, 2.75) is 159 Å². The monoisotopic (exact) mass is 889 g/mol. The van der Waals surface area contributed by atoms with Gasteiger partial charge in [-0.15, -0.1) is 0 Å². The molecule has 13 heteroatoms. The second-order valence-electron chi connectivity index (χ2n) is 14.8. The van der Waals surface area contributed by atoms with E-state index in [0.717, 1.165) is 83.5 Å². The second-order valence-corrected chi connectivity index (χ2v) is 16.2. The molecule has 6 N–H and O–H groups in total. The molecule has 0 amide bonds. The zero-order valence-electron chi connectivity index (χ0n) is 37.1. The van der Waals surface area contributed by atoms with Crippen LogP contribution in [0.25, 0.3) is 0 Å². The van der Waals surface area contributed by atoms with E-state index >= 15 is 0 Å². The van der Waals surface area contributed by atoms with Crippen LogP contribution in [0.3, 0.4) is 0 Å². The van der Waals surface area contributed by atoms with Crippen LogP contribution in [0.1, 0.15) is 117 Å². The minimum atomic E-state index is -5.06. The van der Waals surface area contributed by atoms with Gasteiger partial charge in [-0.05, 0) is 89.9 Å². The van der Waals surface area contributed by atoms with Crippen molar-refractivity contribution < 1.29 is 58.3 Å². The number of carbonyl (C=O) groups is 1. The summed E-state index contributed by atoms with van der Waals surface area (Å²) >= 11 is 0. The first-order chi connectivity index (χ1) is 30.0. The van der Waals surface area contributed by atoms with E-state index in [0.29, 0.717) is 19.4 Å². The predicted molar refractivity (Wildman–Crippen MR) is 248 cm³/mol. The minimum absolute atomic E-state index is 0.0435. The molecule has 62 heavy (non-hydrogen) atoms. The van der Waals surface area contributed by atoms with Crippen molar-refractivity contribution in [1.29, 1.82) is 0 Å². The molecule has 0 aromatic rings. The number of aliphatic hydroxyl groups is 5. The summed E-state index contributed by atoms with van der Waals surface area (Å²) < 4.78 is 34.0. The maximum absolute atomic E-state index is 12.8. The Kier molecular flexibility index (Phi) is 35.0. The molecule has 1 saturated carbocycles. The lowest BCUT2D eigenvalue weighted by molar-refractivity contribution is -0.220. The topological polar surface area (TPSA) is 192 Å². The molecule has 6 unspecified atom stereocenters. The van der Waals surface area contributed by atoms with E-state index in [1.54, 1.807) is 0 Å². The van der Waals surface area contributed by atoms with Crippen LogP contribution in [-0.4, -0.2) is 98.9 Å². The zero-order valence-corrected chi connectivity index (χ0v) is 38.0. The molecule has 0 spiro atoms. The third-order valence-corrected chi connectivity index (χ3v) is 10.3. The van der Waals surface area contributed by atoms with Crippen molar-refractivity contribution in [2.24, 2.45) is 0 Å². The first-order valence-corrected chi connectivity index (χ1v) is 23.9. The van der Waals surface area contributed by atoms with Crippen LogP contribution >= 0.6 is 7.82 Å². The summed E-state index contributed by atoms with van der Waals surface area (Å²) in [5.74, 6) is -0.577. The summed E-state index contributed by atoms with van der Waals surface area (Å²) in [6, 6.07) is 0. The van der Waals surface area contributed by atoms with Crippen molar-refractivity contribution in [3.8, 4) is 0 Å². The molecule has 0 saturated heterocycles. The second kappa shape index (κ2) is 38.2. The Labute approximate surface area is 371 Å². The summed E-state index contributed by atoms with van der Waals surface area (Å²) in [7, 11) is -5.06. The molecule has 1 aliphatic carbocycles. The average molecular weight is 889 g/mol. The van der Waals surface area contributed by atoms with Gasteiger partial charge in [-0.25, -0.2) is 4.57 Å². The van der Waals surface area contributed by atoms with E-state index in [9.17, 15) is 39.8 Å². The third-order valence-electron chi connectivity index (χ3n) is 9.34. The Morgan fingerprint density at radius 2 is 0.903 bits per heavy atom. The number of ether oxygens (including phenoxy) is 2. The van der Waals surface area contributed by atoms with Crippen LogP contribution in [0.2, 0.25) is 0 Å². The Bertz CT molecular complexity index is 1480. The molecule has 1 rings (SSSR count). The van der Waals surface area contributed by atoms with Gasteiger partial charge < -0.3 is 39.9 Å². The highest BCUT2D eigenvalue weighted by molar-refractivity contribution is 7.47. The quantitative estimate of drug-likeness (QED) is 0.0153. The number of hydrogen-bond acceptors (Lipinski definition) is 11. The highest BCUT2D eigenvalue weighted by atomic mass is 31.2. The van der Waals surface area contributed by atoms with Crippen molar-refractivity contribution in [1.82, 2.24) is 0 Å². The number of carbonyl (C=O) groups excluding carboxylic acids is 1. The first-order valence-electron chi connectivity index (χ1n) is 22.4. The molecule has 1 aliphatic rings. The number of rotatable bonds is 35. The van der Waals surface area contributed by atoms with Crippen LogP contribution in [0.5, 0.6) is 0 Å². The third kappa shape index (κ3) is 29.9. The number of phosphoric acid groups is 1. The van der Waals surface area contributed by atoms with E-state index < -0.39 is 63.1 Å². The summed E-state index contributed by atoms with van der Waals surface area (Å²) in [6.45, 7) is 3.84. The Balaban J connectivity index is 2.51. The minimum Gasteiger partial charge on any atom is -0.457 e. The predicted octanol–water partition coefficient (Wildman–Crippen LogP) is 9.08. The Hall–Kier alpha value is -3.26. The maximum Gasteiger partial charge on any atom is 0.472 e. The summed E-state index contributed by atoms with van der Waals surface area (Å²) in [4.78, 5) is 23.1. The van der Waals surface area contributed by atoms with Crippen LogP contribution in [0, 0.1) is 0 Å². The van der Waals surface area contributed by atoms with Gasteiger partial charge in [-0.3, -0.25) is 13.8 Å². The van der Waals surface area contributed by atoms with Crippen molar-refractivity contribution in [3.05, 3.63) is 122 Å². The van der Waals surface area contributed by atoms with Crippen molar-refractivity contribution in [2.75, 3.05) is 19.8 Å². The number of allylic oxidation sites excluding steroid dienone is 20. The molecule has 350 valence electrons. The van der Waals surface area contributed by atoms with Gasteiger partial charge in [-0.2, -0.15) is 0 Å². The van der Waals surface area contributed by atoms with Crippen LogP contribution in [0.4, 0.5) is 0 Å². The average Bonchev–Trinajstić information content (AvgIpc) is 3.26. The Morgan fingerprint density at radius 1 is 0.516 bits per heavy atom. The number of phosphoric ester groups is 1. The fourth-order valence-electron chi connectivity index (χ4n) is 5.84. The molecule has 0 aromatic heterocycles. The highest BCUT2D eigenvalue weighted by Crippen LogP contribution is 2.47. The van der Waals surface area contributed by atoms with Crippen LogP contribution < -0.4 is 0 Å². The molecule has 0 aliphatic heterocycles. The highest BCUT2D eigenvalue weighted by Gasteiger charge is 2.51. The molecule has 1 fully saturated rings. The normalized spacial score (nSPS) is 23.2. The lowest BCUT2D eigenvalue weighted by Crippen LogP contribution is -2.64. The number of esters is 1. The number of hydrogen-bond donors (Lipinski definition) is 6. The van der Waals surface area contributed by atoms with Crippen molar-refractivity contribution >= 4 is 13.8 Å². The standard InChI is InChI=1S/C49H77O12P/c1-3-5-7-9-11-13-15-17-19-21-22-23-24-26-28-30-32-34-36-38-43(50)60-42(41-59-62(56,57)61-49-47(54)45(52)44(51)46(53)48(49)55)40-58-39-37-35-33-31-29-27-25-20-18-16-14-12-10-8-6-4-2/h5-8,11-14,17-20,22-23,26-29,32,34,42,44-49,51-55H,3-4,9-10,15-16,21,24-25,30-31,33,35-41H2,1-2H3,(H,56,57)/b7-5-,8-6-,13-11-,14-12-,19-17-,20-18-,23-22-,28-26-,29-27-,34-32-. The van der Waals surface area contributed by atoms with E-state index in [1.807, 2.05) is 18.2 Å². The smallest absolute Gasteiger partial charge is 0.457 e. The SMILES string of the molecule is CC/C=C\C/C=C\C/C=C\C/C=C\C/C=C\C/C=C\CCC(=O)OC(COCCCCC/C=C\C/C=C\C/C=C\C/C=C\CC)COP(=O)(O)OC1C(O)C(O)C(O)C(O)C1O. The van der Waals surface area contributed by atoms with Gasteiger partial charge in [-0.1, -0.05) is 142 Å². The number of unbranched alkanes of at least 4 members (excludes halogenated alkanes) is 3. The van der Waals surface area contributed by atoms with Crippen molar-refractivity contribution in [3.63, 3.8) is 0 Å². The van der Waals surface area contributed by atoms with Crippen LogP contribution in [0.15, 0.2) is 122 Å². The van der Waals surface area contributed by atoms with Gasteiger partial charge >= 0.3 is 13.8 Å². The summed E-state index contributed by atoms with van der Waals surface area (Å²) in [5, 5.41) is 50.2. The number of aliphatic hydroxyl groups excluding tert-OH is 5. The van der Waals surface area contributed by atoms with Gasteiger partial charge in [0.2, 0.25) is 0 Å². The molecular formula is C49H77O12P. The van der Waals surface area contributed by atoms with E-state index in [1.165, 1.54) is 0 Å². The lowest BCUT2D eigenvalue weighted by Gasteiger charge is -2.41. The summed E-state index contributed by atoms with van der Waals surface area (Å²) in [6.07, 6.45) is 42.8. The Morgan fingerprint density at radius 3 is 1.34 bits per heavy atom. The first kappa shape index (κ1) is 56.8. The zero-order chi connectivity index (χ0) is 45.5. The molecule has 6 atom stereocenters. The molecule has 12 nitrogen and oxygen atoms in total. The van der Waals surface area contributed by atoms with Gasteiger partial charge in [0.05, 0.1) is 13.2 Å². The van der Waals surface area contributed by atoms with E-state index in [-0.39, 0.29) is 13.0 Å². The van der Waals surface area contributed by atoms with Gasteiger partial charge in [0.15, 0.2) is 0 Å². The van der Waals surface area contributed by atoms with E-state index in [2.05, 4.69) is 117 Å². The largest absolute Gasteiger partial charge is 0.472 e. The van der Waals surface area contributed by atoms with E-state index in [4.69, 9.17) is 18.5 Å². The van der Waals surface area contributed by atoms with Gasteiger partial charge in [0.1, 0.15) is 42.7 Å². The molecule has 0 aromatic carbocycles. The summed E-state index contributed by atoms with van der Waals surface area (Å²) in [5.41, 5.74) is 0. The van der Waals surface area contributed by atoms with Gasteiger partial charge in [0, 0.05) is 13.0 Å². The fourth-order valence-corrected chi connectivity index (χ4v) is 6.81. The molecule has 0 bridgehead atoms. The lowest BCUT2D eigenvalue weighted by atomic mass is 9.85. The molecule has 0 heterocycles. The van der Waals surface area contributed by atoms with Crippen LogP contribution in [-0.2, 0) is 27.9 Å². The maximum atomic E-state index is 12.8. The molecular weight excluding hydrogens is 812 g/mol. The van der Waals surface area contributed by atoms with Gasteiger partial charge in [0.25, 0.3) is 0 Å². The molecule has 0 radical (unpaired) electrons.